The van der Waals surface area contributed by atoms with E-state index in [1.165, 1.54) is 30.3 Å². The van der Waals surface area contributed by atoms with Crippen molar-refractivity contribution in [3.05, 3.63) is 71.5 Å². The van der Waals surface area contributed by atoms with Gasteiger partial charge in [0.2, 0.25) is 0 Å². The molecule has 0 spiro atoms. The molecule has 1 amide bonds. The number of halogens is 2. The zero-order valence-corrected chi connectivity index (χ0v) is 18.3. The Kier molecular flexibility index (Phi) is 7.07. The van der Waals surface area contributed by atoms with Crippen molar-refractivity contribution >= 4 is 33.4 Å². The number of ether oxygens (including phenoxy) is 1. The zero-order valence-electron chi connectivity index (χ0n) is 17.5. The maximum atomic E-state index is 13.4. The predicted octanol–water partition coefficient (Wildman–Crippen LogP) is 3.64. The zero-order chi connectivity index (χ0) is 24.2. The van der Waals surface area contributed by atoms with Gasteiger partial charge in [0.15, 0.2) is 23.6 Å². The molecule has 1 heterocycles. The fourth-order valence-corrected chi connectivity index (χ4v) is 3.78. The number of esters is 1. The normalized spacial score (nSPS) is 12.1. The Morgan fingerprint density at radius 1 is 1.12 bits per heavy atom. The SMILES string of the molecule is CC[C@@H](OC(=O)c1cccc(NS(=O)(=O)c2ccc(F)c(F)c2)c1)C(=O)Nc1cc(C)on1. The van der Waals surface area contributed by atoms with Crippen molar-refractivity contribution in [2.24, 2.45) is 0 Å². The number of amides is 1. The molecular formula is C21H19F2N3O6S. The van der Waals surface area contributed by atoms with Crippen LogP contribution in [0.1, 0.15) is 29.5 Å². The van der Waals surface area contributed by atoms with Crippen molar-refractivity contribution in [2.75, 3.05) is 10.0 Å². The van der Waals surface area contributed by atoms with Crippen LogP contribution in [0.3, 0.4) is 0 Å². The smallest absolute Gasteiger partial charge is 0.338 e. The van der Waals surface area contributed by atoms with E-state index in [2.05, 4.69) is 15.2 Å². The van der Waals surface area contributed by atoms with Crippen LogP contribution in [-0.2, 0) is 19.6 Å². The molecule has 0 saturated carbocycles. The summed E-state index contributed by atoms with van der Waals surface area (Å²) in [5, 5.41) is 6.10. The van der Waals surface area contributed by atoms with Crippen LogP contribution in [0.25, 0.3) is 0 Å². The van der Waals surface area contributed by atoms with Crippen LogP contribution in [0.4, 0.5) is 20.3 Å². The number of aryl methyl sites for hydroxylation is 1. The number of nitrogens with one attached hydrogen (secondary N) is 2. The highest BCUT2D eigenvalue weighted by molar-refractivity contribution is 7.92. The number of benzene rings is 2. The molecule has 3 rings (SSSR count). The Bertz CT molecular complexity index is 1290. The molecule has 0 radical (unpaired) electrons. The van der Waals surface area contributed by atoms with Crippen LogP contribution in [0.5, 0.6) is 0 Å². The van der Waals surface area contributed by atoms with Gasteiger partial charge in [0.05, 0.1) is 10.5 Å². The lowest BCUT2D eigenvalue weighted by Gasteiger charge is -2.15. The van der Waals surface area contributed by atoms with Crippen LogP contribution >= 0.6 is 0 Å². The maximum Gasteiger partial charge on any atom is 0.338 e. The van der Waals surface area contributed by atoms with Gasteiger partial charge in [0.1, 0.15) is 5.76 Å². The summed E-state index contributed by atoms with van der Waals surface area (Å²) in [4.78, 5) is 24.4. The molecule has 0 fully saturated rings. The summed E-state index contributed by atoms with van der Waals surface area (Å²) >= 11 is 0. The van der Waals surface area contributed by atoms with Gasteiger partial charge >= 0.3 is 5.97 Å². The molecule has 0 saturated heterocycles. The van der Waals surface area contributed by atoms with E-state index in [0.29, 0.717) is 17.9 Å². The summed E-state index contributed by atoms with van der Waals surface area (Å²) in [5.41, 5.74) is -0.0613. The van der Waals surface area contributed by atoms with Crippen molar-refractivity contribution in [1.82, 2.24) is 5.16 Å². The number of aromatic nitrogens is 1. The molecule has 2 N–H and O–H groups in total. The third kappa shape index (κ3) is 5.92. The van der Waals surface area contributed by atoms with Gasteiger partial charge in [-0.3, -0.25) is 9.52 Å². The van der Waals surface area contributed by atoms with E-state index in [9.17, 15) is 26.8 Å². The highest BCUT2D eigenvalue weighted by Gasteiger charge is 2.24. The molecule has 1 atom stereocenters. The quantitative estimate of drug-likeness (QED) is 0.472. The van der Waals surface area contributed by atoms with Crippen LogP contribution in [-0.4, -0.2) is 31.6 Å². The molecule has 3 aromatic rings. The van der Waals surface area contributed by atoms with Crippen molar-refractivity contribution in [1.29, 1.82) is 0 Å². The van der Waals surface area contributed by atoms with Gasteiger partial charge in [-0.05, 0) is 49.7 Å². The van der Waals surface area contributed by atoms with Crippen molar-refractivity contribution < 1.29 is 36.0 Å². The number of nitrogens with zero attached hydrogens (tertiary/aromatic N) is 1. The molecule has 33 heavy (non-hydrogen) atoms. The number of hydrogen-bond acceptors (Lipinski definition) is 7. The lowest BCUT2D eigenvalue weighted by Crippen LogP contribution is -2.32. The summed E-state index contributed by atoms with van der Waals surface area (Å²) in [6.45, 7) is 3.28. The first-order chi connectivity index (χ1) is 15.6. The number of sulfonamides is 1. The molecule has 0 unspecified atom stereocenters. The summed E-state index contributed by atoms with van der Waals surface area (Å²) in [6.07, 6.45) is -0.978. The van der Waals surface area contributed by atoms with Gasteiger partial charge < -0.3 is 14.6 Å². The molecule has 12 heteroatoms. The van der Waals surface area contributed by atoms with E-state index in [0.717, 1.165) is 6.07 Å². The lowest BCUT2D eigenvalue weighted by molar-refractivity contribution is -0.124. The standard InChI is InChI=1S/C21H19F2N3O6S/c1-3-18(20(27)24-19-9-12(2)32-25-19)31-21(28)13-5-4-6-14(10-13)26-33(29,30)15-7-8-16(22)17(23)11-15/h4-11,18,26H,3H2,1-2H3,(H,24,25,27)/t18-/m1/s1. The summed E-state index contributed by atoms with van der Waals surface area (Å²) in [6, 6.07) is 8.91. The average Bonchev–Trinajstić information content (AvgIpc) is 3.17. The Hall–Kier alpha value is -3.80. The molecule has 1 aromatic heterocycles. The van der Waals surface area contributed by atoms with Crippen molar-refractivity contribution in [3.63, 3.8) is 0 Å². The average molecular weight is 479 g/mol. The van der Waals surface area contributed by atoms with Crippen LogP contribution in [0, 0.1) is 18.6 Å². The minimum absolute atomic E-state index is 0.0234. The molecule has 0 aliphatic heterocycles. The van der Waals surface area contributed by atoms with Gasteiger partial charge in [-0.2, -0.15) is 0 Å². The van der Waals surface area contributed by atoms with E-state index in [1.54, 1.807) is 13.8 Å². The van der Waals surface area contributed by atoms with Gasteiger partial charge in [-0.15, -0.1) is 0 Å². The number of anilines is 2. The van der Waals surface area contributed by atoms with Crippen molar-refractivity contribution in [2.45, 2.75) is 31.3 Å². The monoisotopic (exact) mass is 479 g/mol. The number of carbonyl (C=O) groups is 2. The number of rotatable bonds is 8. The lowest BCUT2D eigenvalue weighted by atomic mass is 10.2. The van der Waals surface area contributed by atoms with Crippen molar-refractivity contribution in [3.8, 4) is 0 Å². The first-order valence-corrected chi connectivity index (χ1v) is 11.1. The minimum Gasteiger partial charge on any atom is -0.449 e. The molecule has 0 aliphatic rings. The summed E-state index contributed by atoms with van der Waals surface area (Å²) < 4.78 is 63.7. The Morgan fingerprint density at radius 2 is 1.88 bits per heavy atom. The fourth-order valence-electron chi connectivity index (χ4n) is 2.72. The van der Waals surface area contributed by atoms with Crippen LogP contribution < -0.4 is 10.0 Å². The van der Waals surface area contributed by atoms with Gasteiger partial charge in [0, 0.05) is 11.8 Å². The van der Waals surface area contributed by atoms with E-state index < -0.39 is 44.5 Å². The van der Waals surface area contributed by atoms with Crippen LogP contribution in [0.15, 0.2) is 57.9 Å². The fraction of sp³-hybridized carbons (Fsp3) is 0.190. The van der Waals surface area contributed by atoms with E-state index in [1.807, 2.05) is 0 Å². The Labute approximate surface area is 187 Å². The topological polar surface area (TPSA) is 128 Å². The second kappa shape index (κ2) is 9.77. The van der Waals surface area contributed by atoms with Gasteiger partial charge in [0.25, 0.3) is 15.9 Å². The summed E-state index contributed by atoms with van der Waals surface area (Å²) in [7, 11) is -4.26. The van der Waals surface area contributed by atoms with E-state index in [4.69, 9.17) is 9.26 Å². The molecule has 0 aliphatic carbocycles. The van der Waals surface area contributed by atoms with Crippen LogP contribution in [0.2, 0.25) is 0 Å². The highest BCUT2D eigenvalue weighted by atomic mass is 32.2. The first-order valence-electron chi connectivity index (χ1n) is 9.62. The molecule has 2 aromatic carbocycles. The molecule has 9 nitrogen and oxygen atoms in total. The second-order valence-electron chi connectivity index (χ2n) is 6.88. The predicted molar refractivity (Wildman–Crippen MR) is 113 cm³/mol. The Morgan fingerprint density at radius 3 is 2.52 bits per heavy atom. The number of carbonyl (C=O) groups excluding carboxylic acids is 2. The third-order valence-corrected chi connectivity index (χ3v) is 5.72. The van der Waals surface area contributed by atoms with Gasteiger partial charge in [-0.1, -0.05) is 18.1 Å². The molecular weight excluding hydrogens is 460 g/mol. The minimum atomic E-state index is -4.26. The second-order valence-corrected chi connectivity index (χ2v) is 8.56. The summed E-state index contributed by atoms with van der Waals surface area (Å²) in [5.74, 6) is -3.35. The third-order valence-electron chi connectivity index (χ3n) is 4.34. The Balaban J connectivity index is 1.71. The maximum absolute atomic E-state index is 13.4. The molecule has 174 valence electrons. The van der Waals surface area contributed by atoms with E-state index in [-0.39, 0.29) is 23.5 Å². The first kappa shape index (κ1) is 23.9. The highest BCUT2D eigenvalue weighted by Crippen LogP contribution is 2.20. The van der Waals surface area contributed by atoms with E-state index >= 15 is 0 Å². The number of hydrogen-bond donors (Lipinski definition) is 2. The largest absolute Gasteiger partial charge is 0.449 e. The molecule has 0 bridgehead atoms. The van der Waals surface area contributed by atoms with Gasteiger partial charge in [-0.25, -0.2) is 22.0 Å².